The Bertz CT molecular complexity index is 3210. The zero-order chi connectivity index (χ0) is 40.9. The molecule has 0 aliphatic heterocycles. The number of hydrogen-bond acceptors (Lipinski definition) is 5. The summed E-state index contributed by atoms with van der Waals surface area (Å²) < 4.78 is 0. The third-order valence-corrected chi connectivity index (χ3v) is 11.9. The summed E-state index contributed by atoms with van der Waals surface area (Å²) in [5.74, 6) is 2.58. The van der Waals surface area contributed by atoms with Crippen LogP contribution < -0.4 is 0 Å². The van der Waals surface area contributed by atoms with Crippen molar-refractivity contribution in [3.05, 3.63) is 211 Å². The lowest BCUT2D eigenvalue weighted by Crippen LogP contribution is -2.15. The molecule has 0 amide bonds. The standard InChI is InChI=1S/C56H39N5/c1-56(2)48-34-45(28-29-46(48)47-32-41-22-12-13-23-42(41)33-49(47)56)54-57-50(36-16-6-3-7-17-36)35-51(58-54)43-26-14-24-39(30-43)40-25-15-27-44(31-40)55-60-52(37-18-8-4-9-19-37)59-53(61-55)38-20-10-5-11-21-38/h3-35H,1-2H3. The Labute approximate surface area is 355 Å². The fourth-order valence-electron chi connectivity index (χ4n) is 8.68. The minimum absolute atomic E-state index is 0.180. The maximum atomic E-state index is 5.31. The molecule has 11 rings (SSSR count). The van der Waals surface area contributed by atoms with Crippen LogP contribution >= 0.6 is 0 Å². The van der Waals surface area contributed by atoms with Gasteiger partial charge < -0.3 is 0 Å². The first-order chi connectivity index (χ1) is 29.9. The summed E-state index contributed by atoms with van der Waals surface area (Å²) in [7, 11) is 0. The molecule has 0 spiro atoms. The third-order valence-electron chi connectivity index (χ3n) is 11.9. The van der Waals surface area contributed by atoms with Gasteiger partial charge in [0, 0.05) is 38.8 Å². The van der Waals surface area contributed by atoms with Gasteiger partial charge in [0.05, 0.1) is 11.4 Å². The molecule has 0 fully saturated rings. The number of fused-ring (bicyclic) bond motifs is 4. The lowest BCUT2D eigenvalue weighted by molar-refractivity contribution is 0.661. The highest BCUT2D eigenvalue weighted by Crippen LogP contribution is 2.51. The molecule has 5 nitrogen and oxygen atoms in total. The predicted molar refractivity (Wildman–Crippen MR) is 249 cm³/mol. The number of hydrogen-bond donors (Lipinski definition) is 0. The van der Waals surface area contributed by atoms with Crippen molar-refractivity contribution in [2.45, 2.75) is 19.3 Å². The molecule has 2 aromatic heterocycles. The van der Waals surface area contributed by atoms with Crippen molar-refractivity contribution in [2.75, 3.05) is 0 Å². The van der Waals surface area contributed by atoms with E-state index in [2.05, 4.69) is 147 Å². The molecule has 0 saturated heterocycles. The molecule has 2 heterocycles. The van der Waals surface area contributed by atoms with Crippen LogP contribution in [0, 0.1) is 0 Å². The van der Waals surface area contributed by atoms with Crippen molar-refractivity contribution in [3.8, 4) is 90.3 Å². The molecule has 1 aliphatic rings. The van der Waals surface area contributed by atoms with Crippen LogP contribution in [0.4, 0.5) is 0 Å². The van der Waals surface area contributed by atoms with Crippen LogP contribution in [-0.4, -0.2) is 24.9 Å². The molecular weight excluding hydrogens is 743 g/mol. The Morgan fingerprint density at radius 3 is 1.33 bits per heavy atom. The van der Waals surface area contributed by atoms with Gasteiger partial charge in [0.15, 0.2) is 23.3 Å². The molecule has 5 heteroatoms. The number of benzene rings is 8. The van der Waals surface area contributed by atoms with Gasteiger partial charge in [-0.1, -0.05) is 178 Å². The Hall–Kier alpha value is -7.89. The summed E-state index contributed by atoms with van der Waals surface area (Å²) in [5, 5.41) is 2.52. The molecule has 0 saturated carbocycles. The molecule has 10 aromatic rings. The van der Waals surface area contributed by atoms with Gasteiger partial charge in [-0.3, -0.25) is 0 Å². The summed E-state index contributed by atoms with van der Waals surface area (Å²) in [6.45, 7) is 4.66. The molecule has 0 radical (unpaired) electrons. The van der Waals surface area contributed by atoms with Crippen LogP contribution in [0.15, 0.2) is 200 Å². The highest BCUT2D eigenvalue weighted by atomic mass is 15.0. The number of rotatable bonds is 7. The van der Waals surface area contributed by atoms with Crippen LogP contribution in [0.25, 0.3) is 101 Å². The molecule has 0 N–H and O–H groups in total. The van der Waals surface area contributed by atoms with Crippen molar-refractivity contribution in [1.29, 1.82) is 0 Å². The Morgan fingerprint density at radius 2 is 0.705 bits per heavy atom. The van der Waals surface area contributed by atoms with Gasteiger partial charge in [-0.15, -0.1) is 0 Å². The largest absolute Gasteiger partial charge is 0.228 e. The molecule has 288 valence electrons. The molecule has 0 unspecified atom stereocenters. The zero-order valence-corrected chi connectivity index (χ0v) is 33.8. The van der Waals surface area contributed by atoms with Gasteiger partial charge in [0.2, 0.25) is 0 Å². The summed E-state index contributed by atoms with van der Waals surface area (Å²) in [4.78, 5) is 25.4. The van der Waals surface area contributed by atoms with E-state index in [4.69, 9.17) is 24.9 Å². The smallest absolute Gasteiger partial charge is 0.164 e. The monoisotopic (exact) mass is 781 g/mol. The van der Waals surface area contributed by atoms with Gasteiger partial charge in [0.25, 0.3) is 0 Å². The number of aromatic nitrogens is 5. The van der Waals surface area contributed by atoms with Crippen molar-refractivity contribution in [1.82, 2.24) is 24.9 Å². The van der Waals surface area contributed by atoms with Gasteiger partial charge in [-0.05, 0) is 80.6 Å². The van der Waals surface area contributed by atoms with Crippen LogP contribution in [0.5, 0.6) is 0 Å². The lowest BCUT2D eigenvalue weighted by Gasteiger charge is -2.22. The zero-order valence-electron chi connectivity index (χ0n) is 33.8. The van der Waals surface area contributed by atoms with E-state index < -0.39 is 0 Å². The summed E-state index contributed by atoms with van der Waals surface area (Å²) in [6.07, 6.45) is 0. The van der Waals surface area contributed by atoms with E-state index >= 15 is 0 Å². The molecule has 8 aromatic carbocycles. The van der Waals surface area contributed by atoms with E-state index in [1.807, 2.05) is 66.7 Å². The first-order valence-electron chi connectivity index (χ1n) is 20.7. The highest BCUT2D eigenvalue weighted by molar-refractivity contribution is 5.94. The number of nitrogens with zero attached hydrogens (tertiary/aromatic N) is 5. The second-order valence-electron chi connectivity index (χ2n) is 16.2. The maximum Gasteiger partial charge on any atom is 0.164 e. The minimum atomic E-state index is -0.180. The van der Waals surface area contributed by atoms with Gasteiger partial charge in [0.1, 0.15) is 0 Å². The molecule has 0 bridgehead atoms. The van der Waals surface area contributed by atoms with Crippen LogP contribution in [0.1, 0.15) is 25.0 Å². The van der Waals surface area contributed by atoms with Crippen LogP contribution in [-0.2, 0) is 5.41 Å². The van der Waals surface area contributed by atoms with Crippen molar-refractivity contribution in [2.24, 2.45) is 0 Å². The van der Waals surface area contributed by atoms with Gasteiger partial charge in [-0.2, -0.15) is 0 Å². The van der Waals surface area contributed by atoms with Gasteiger partial charge in [-0.25, -0.2) is 24.9 Å². The normalized spacial score (nSPS) is 12.6. The highest BCUT2D eigenvalue weighted by Gasteiger charge is 2.36. The summed E-state index contributed by atoms with van der Waals surface area (Å²) in [5.41, 5.74) is 14.7. The quantitative estimate of drug-likeness (QED) is 0.161. The van der Waals surface area contributed by atoms with E-state index in [9.17, 15) is 0 Å². The molecule has 61 heavy (non-hydrogen) atoms. The van der Waals surface area contributed by atoms with E-state index in [0.717, 1.165) is 55.9 Å². The Morgan fingerprint density at radius 1 is 0.279 bits per heavy atom. The summed E-state index contributed by atoms with van der Waals surface area (Å²) >= 11 is 0. The second kappa shape index (κ2) is 14.7. The van der Waals surface area contributed by atoms with Gasteiger partial charge >= 0.3 is 0 Å². The maximum absolute atomic E-state index is 5.31. The van der Waals surface area contributed by atoms with Crippen LogP contribution in [0.2, 0.25) is 0 Å². The summed E-state index contributed by atoms with van der Waals surface area (Å²) in [6, 6.07) is 69.7. The topological polar surface area (TPSA) is 64.5 Å². The Balaban J connectivity index is 0.993. The fourth-order valence-corrected chi connectivity index (χ4v) is 8.68. The molecular formula is C56H39N5. The first kappa shape index (κ1) is 36.2. The molecule has 1 aliphatic carbocycles. The second-order valence-corrected chi connectivity index (χ2v) is 16.2. The lowest BCUT2D eigenvalue weighted by atomic mass is 9.81. The SMILES string of the molecule is CC1(C)c2cc(-c3nc(-c4ccccc4)cc(-c4cccc(-c5cccc(-c6nc(-c7ccccc7)nc(-c7ccccc7)n6)c5)c4)n3)ccc2-c2cc3ccccc3cc21. The van der Waals surface area contributed by atoms with E-state index in [0.29, 0.717) is 23.3 Å². The van der Waals surface area contributed by atoms with E-state index in [1.54, 1.807) is 0 Å². The first-order valence-corrected chi connectivity index (χ1v) is 20.7. The van der Waals surface area contributed by atoms with Crippen LogP contribution in [0.3, 0.4) is 0 Å². The predicted octanol–water partition coefficient (Wildman–Crippen LogP) is 13.8. The third kappa shape index (κ3) is 6.67. The Kier molecular flexibility index (Phi) is 8.75. The van der Waals surface area contributed by atoms with E-state index in [1.165, 1.54) is 33.0 Å². The van der Waals surface area contributed by atoms with Crippen molar-refractivity contribution < 1.29 is 0 Å². The minimum Gasteiger partial charge on any atom is -0.228 e. The van der Waals surface area contributed by atoms with E-state index in [-0.39, 0.29) is 5.41 Å². The van der Waals surface area contributed by atoms with Crippen molar-refractivity contribution >= 4 is 10.8 Å². The average Bonchev–Trinajstić information content (AvgIpc) is 3.55. The molecule has 0 atom stereocenters. The van der Waals surface area contributed by atoms with Crippen molar-refractivity contribution in [3.63, 3.8) is 0 Å². The average molecular weight is 782 g/mol. The fraction of sp³-hybridized carbons (Fsp3) is 0.0536.